The van der Waals surface area contributed by atoms with E-state index in [4.69, 9.17) is 17.3 Å². The van der Waals surface area contributed by atoms with E-state index in [2.05, 4.69) is 33.0 Å². The quantitative estimate of drug-likeness (QED) is 0.838. The monoisotopic (exact) mass is 282 g/mol. The van der Waals surface area contributed by atoms with Gasteiger partial charge in [-0.25, -0.2) is 0 Å². The van der Waals surface area contributed by atoms with Crippen molar-refractivity contribution in [2.45, 2.75) is 33.7 Å². The van der Waals surface area contributed by atoms with Crippen molar-refractivity contribution in [2.75, 3.05) is 5.32 Å². The minimum atomic E-state index is -0.390. The number of rotatable bonds is 6. The van der Waals surface area contributed by atoms with E-state index in [1.807, 2.05) is 12.1 Å². The molecule has 0 fully saturated rings. The Hall–Kier alpha value is -1.22. The number of carbonyl (C=O) groups excluding carboxylic acids is 1. The zero-order valence-corrected chi connectivity index (χ0v) is 12.7. The van der Waals surface area contributed by atoms with Gasteiger partial charge in [-0.15, -0.1) is 0 Å². The summed E-state index contributed by atoms with van der Waals surface area (Å²) in [5, 5.41) is 3.86. The summed E-state index contributed by atoms with van der Waals surface area (Å²) in [6.45, 7) is 8.45. The third-order valence-corrected chi connectivity index (χ3v) is 3.61. The standard InChI is InChI=1S/C15H23ClN2O/c1-9(2)13(10(3)4)14(15(17)19)18-12-7-5-6-11(16)8-12/h5-10,13-14,18H,1-4H3,(H2,17,19). The van der Waals surface area contributed by atoms with Crippen LogP contribution in [0.1, 0.15) is 27.7 Å². The molecule has 0 radical (unpaired) electrons. The van der Waals surface area contributed by atoms with Gasteiger partial charge >= 0.3 is 0 Å². The van der Waals surface area contributed by atoms with E-state index >= 15 is 0 Å². The molecule has 1 aromatic rings. The zero-order chi connectivity index (χ0) is 14.6. The summed E-state index contributed by atoms with van der Waals surface area (Å²) >= 11 is 5.96. The average Bonchev–Trinajstić information content (AvgIpc) is 2.26. The van der Waals surface area contributed by atoms with Crippen LogP contribution in [0.5, 0.6) is 0 Å². The van der Waals surface area contributed by atoms with Crippen molar-refractivity contribution in [3.8, 4) is 0 Å². The van der Waals surface area contributed by atoms with Gasteiger partial charge in [0, 0.05) is 10.7 Å². The van der Waals surface area contributed by atoms with Gasteiger partial charge < -0.3 is 11.1 Å². The number of amides is 1. The summed E-state index contributed by atoms with van der Waals surface area (Å²) in [4.78, 5) is 11.8. The van der Waals surface area contributed by atoms with Crippen molar-refractivity contribution in [2.24, 2.45) is 23.5 Å². The third kappa shape index (κ3) is 4.43. The van der Waals surface area contributed by atoms with Crippen LogP contribution in [0.2, 0.25) is 5.02 Å². The molecule has 0 heterocycles. The van der Waals surface area contributed by atoms with E-state index in [9.17, 15) is 4.79 Å². The van der Waals surface area contributed by atoms with Crippen molar-refractivity contribution in [1.29, 1.82) is 0 Å². The summed E-state index contributed by atoms with van der Waals surface area (Å²) in [7, 11) is 0. The fourth-order valence-electron chi connectivity index (χ4n) is 2.65. The van der Waals surface area contributed by atoms with Crippen molar-refractivity contribution in [3.63, 3.8) is 0 Å². The second-order valence-electron chi connectivity index (χ2n) is 5.60. The lowest BCUT2D eigenvalue weighted by atomic mass is 9.79. The Balaban J connectivity index is 2.98. The van der Waals surface area contributed by atoms with Gasteiger partial charge in [-0.1, -0.05) is 45.4 Å². The summed E-state index contributed by atoms with van der Waals surface area (Å²) in [6.07, 6.45) is 0. The molecule has 0 bridgehead atoms. The fourth-order valence-corrected chi connectivity index (χ4v) is 2.84. The molecule has 19 heavy (non-hydrogen) atoms. The number of hydrogen-bond acceptors (Lipinski definition) is 2. The van der Waals surface area contributed by atoms with Gasteiger partial charge in [0.25, 0.3) is 0 Å². The van der Waals surface area contributed by atoms with E-state index in [0.717, 1.165) is 5.69 Å². The highest BCUT2D eigenvalue weighted by molar-refractivity contribution is 6.30. The molecule has 1 aromatic carbocycles. The number of halogens is 1. The highest BCUT2D eigenvalue weighted by Crippen LogP contribution is 2.27. The maximum Gasteiger partial charge on any atom is 0.240 e. The van der Waals surface area contributed by atoms with Gasteiger partial charge in [-0.05, 0) is 36.0 Å². The molecule has 106 valence electrons. The lowest BCUT2D eigenvalue weighted by Crippen LogP contribution is -2.45. The molecule has 0 aromatic heterocycles. The first-order valence-corrected chi connectivity index (χ1v) is 7.02. The van der Waals surface area contributed by atoms with E-state index < -0.39 is 6.04 Å². The predicted molar refractivity (Wildman–Crippen MR) is 81.2 cm³/mol. The maximum absolute atomic E-state index is 11.8. The molecule has 1 amide bonds. The molecule has 0 saturated carbocycles. The fraction of sp³-hybridized carbons (Fsp3) is 0.533. The Morgan fingerprint density at radius 1 is 1.21 bits per heavy atom. The van der Waals surface area contributed by atoms with Crippen molar-refractivity contribution in [3.05, 3.63) is 29.3 Å². The number of primary amides is 1. The first-order valence-electron chi connectivity index (χ1n) is 6.64. The number of hydrogen-bond donors (Lipinski definition) is 2. The molecular formula is C15H23ClN2O. The Bertz CT molecular complexity index is 424. The smallest absolute Gasteiger partial charge is 0.240 e. The van der Waals surface area contributed by atoms with Crippen LogP contribution in [0, 0.1) is 17.8 Å². The number of carbonyl (C=O) groups is 1. The Morgan fingerprint density at radius 3 is 2.21 bits per heavy atom. The van der Waals surface area contributed by atoms with Gasteiger partial charge in [0.1, 0.15) is 6.04 Å². The summed E-state index contributed by atoms with van der Waals surface area (Å²) < 4.78 is 0. The molecular weight excluding hydrogens is 260 g/mol. The summed E-state index contributed by atoms with van der Waals surface area (Å²) in [5.41, 5.74) is 6.39. The molecule has 3 nitrogen and oxygen atoms in total. The molecule has 1 atom stereocenters. The van der Waals surface area contributed by atoms with Crippen LogP contribution in [-0.2, 0) is 4.79 Å². The minimum absolute atomic E-state index is 0.177. The number of nitrogens with one attached hydrogen (secondary N) is 1. The molecule has 3 N–H and O–H groups in total. The first-order chi connectivity index (χ1) is 8.82. The number of benzene rings is 1. The van der Waals surface area contributed by atoms with Crippen LogP contribution in [0.15, 0.2) is 24.3 Å². The van der Waals surface area contributed by atoms with E-state index in [1.165, 1.54) is 0 Å². The Labute approximate surface area is 120 Å². The average molecular weight is 283 g/mol. The van der Waals surface area contributed by atoms with Gasteiger partial charge in [0.2, 0.25) is 5.91 Å². The lowest BCUT2D eigenvalue weighted by Gasteiger charge is -2.32. The van der Waals surface area contributed by atoms with E-state index in [-0.39, 0.29) is 11.8 Å². The van der Waals surface area contributed by atoms with Crippen LogP contribution in [0.25, 0.3) is 0 Å². The van der Waals surface area contributed by atoms with Gasteiger partial charge in [0.05, 0.1) is 0 Å². The largest absolute Gasteiger partial charge is 0.373 e. The molecule has 1 rings (SSSR count). The van der Waals surface area contributed by atoms with Crippen molar-refractivity contribution >= 4 is 23.2 Å². The molecule has 4 heteroatoms. The topological polar surface area (TPSA) is 55.1 Å². The summed E-state index contributed by atoms with van der Waals surface area (Å²) in [5.74, 6) is 0.581. The van der Waals surface area contributed by atoms with E-state index in [0.29, 0.717) is 16.9 Å². The Kier molecular flexibility index (Phi) is 5.67. The zero-order valence-electron chi connectivity index (χ0n) is 12.0. The number of anilines is 1. The molecule has 0 aliphatic carbocycles. The third-order valence-electron chi connectivity index (χ3n) is 3.38. The normalized spacial score (nSPS) is 13.1. The van der Waals surface area contributed by atoms with E-state index in [1.54, 1.807) is 12.1 Å². The molecule has 0 spiro atoms. The highest BCUT2D eigenvalue weighted by Gasteiger charge is 2.31. The van der Waals surface area contributed by atoms with Gasteiger partial charge in [-0.3, -0.25) is 4.79 Å². The lowest BCUT2D eigenvalue weighted by molar-refractivity contribution is -0.120. The second-order valence-corrected chi connectivity index (χ2v) is 6.04. The van der Waals surface area contributed by atoms with Crippen LogP contribution in [0.3, 0.4) is 0 Å². The Morgan fingerprint density at radius 2 is 1.79 bits per heavy atom. The molecule has 0 aliphatic rings. The number of nitrogens with two attached hydrogens (primary N) is 1. The minimum Gasteiger partial charge on any atom is -0.373 e. The van der Waals surface area contributed by atoms with Gasteiger partial charge in [-0.2, -0.15) is 0 Å². The van der Waals surface area contributed by atoms with Crippen LogP contribution < -0.4 is 11.1 Å². The second kappa shape index (κ2) is 6.80. The first kappa shape index (κ1) is 15.8. The van der Waals surface area contributed by atoms with Crippen molar-refractivity contribution < 1.29 is 4.79 Å². The van der Waals surface area contributed by atoms with Crippen molar-refractivity contribution in [1.82, 2.24) is 0 Å². The van der Waals surface area contributed by atoms with Crippen LogP contribution >= 0.6 is 11.6 Å². The molecule has 0 saturated heterocycles. The molecule has 0 aliphatic heterocycles. The van der Waals surface area contributed by atoms with Gasteiger partial charge in [0.15, 0.2) is 0 Å². The maximum atomic E-state index is 11.8. The molecule has 1 unspecified atom stereocenters. The van der Waals surface area contributed by atoms with Crippen LogP contribution in [0.4, 0.5) is 5.69 Å². The summed E-state index contributed by atoms with van der Waals surface area (Å²) in [6, 6.07) is 6.95. The highest BCUT2D eigenvalue weighted by atomic mass is 35.5. The predicted octanol–water partition coefficient (Wildman–Crippen LogP) is 3.53. The SMILES string of the molecule is CC(C)C(C(C)C)C(Nc1cccc(Cl)c1)C(N)=O. The van der Waals surface area contributed by atoms with Crippen LogP contribution in [-0.4, -0.2) is 11.9 Å².